The monoisotopic (exact) mass is 384 g/mol. The maximum atomic E-state index is 13.9. The van der Waals surface area contributed by atoms with Crippen LogP contribution in [0.5, 0.6) is 0 Å². The number of hydrogen-bond donors (Lipinski definition) is 1. The minimum atomic E-state index is -0.508. The number of nitrogens with zero attached hydrogens (tertiary/aromatic N) is 3. The summed E-state index contributed by atoms with van der Waals surface area (Å²) in [5.41, 5.74) is 0.442. The number of H-pyrrole nitrogens is 1. The van der Waals surface area contributed by atoms with E-state index in [9.17, 15) is 14.0 Å². The Morgan fingerprint density at radius 3 is 2.74 bits per heavy atom. The number of carbonyl (C=O) groups is 1. The highest BCUT2D eigenvalue weighted by Gasteiger charge is 2.27. The van der Waals surface area contributed by atoms with Gasteiger partial charge in [-0.15, -0.1) is 11.3 Å². The molecule has 0 aliphatic carbocycles. The number of hydrogen-bond acceptors (Lipinski definition) is 5. The number of halogens is 1. The fourth-order valence-corrected chi connectivity index (χ4v) is 3.89. The molecule has 1 aliphatic rings. The van der Waals surface area contributed by atoms with E-state index in [1.54, 1.807) is 23.2 Å². The summed E-state index contributed by atoms with van der Waals surface area (Å²) in [5.74, 6) is -0.149. The van der Waals surface area contributed by atoms with Crippen LogP contribution in [0, 0.1) is 5.82 Å². The van der Waals surface area contributed by atoms with Gasteiger partial charge in [-0.3, -0.25) is 9.59 Å². The molecule has 4 rings (SSSR count). The van der Waals surface area contributed by atoms with E-state index in [1.807, 2.05) is 5.38 Å². The molecule has 0 atom stereocenters. The highest BCUT2D eigenvalue weighted by molar-refractivity contribution is 7.13. The third kappa shape index (κ3) is 3.66. The van der Waals surface area contributed by atoms with E-state index >= 15 is 0 Å². The summed E-state index contributed by atoms with van der Waals surface area (Å²) in [6.07, 6.45) is 2.99. The fraction of sp³-hybridized carbons (Fsp3) is 0.263. The van der Waals surface area contributed by atoms with Gasteiger partial charge in [0, 0.05) is 36.7 Å². The van der Waals surface area contributed by atoms with Gasteiger partial charge in [0.25, 0.3) is 11.5 Å². The second-order valence-electron chi connectivity index (χ2n) is 6.40. The number of carbonyl (C=O) groups excluding carboxylic acids is 1. The van der Waals surface area contributed by atoms with Crippen LogP contribution in [0.15, 0.2) is 46.7 Å². The van der Waals surface area contributed by atoms with Crippen molar-refractivity contribution in [2.75, 3.05) is 13.1 Å². The summed E-state index contributed by atoms with van der Waals surface area (Å²) in [5, 5.41) is 2.54. The van der Waals surface area contributed by atoms with E-state index in [2.05, 4.69) is 15.0 Å². The number of thiazole rings is 1. The van der Waals surface area contributed by atoms with Crippen LogP contribution >= 0.6 is 11.3 Å². The van der Waals surface area contributed by atoms with Gasteiger partial charge in [0.05, 0.1) is 5.56 Å². The van der Waals surface area contributed by atoms with Crippen molar-refractivity contribution in [1.82, 2.24) is 19.9 Å². The molecule has 138 valence electrons. The second-order valence-corrected chi connectivity index (χ2v) is 7.29. The number of rotatable bonds is 3. The Hall–Kier alpha value is -2.87. The maximum Gasteiger partial charge on any atom is 0.256 e. The van der Waals surface area contributed by atoms with Crippen molar-refractivity contribution in [2.45, 2.75) is 18.8 Å². The number of likely N-dealkylation sites (tertiary alicyclic amines) is 1. The van der Waals surface area contributed by atoms with Gasteiger partial charge in [-0.05, 0) is 25.0 Å². The Kier molecular flexibility index (Phi) is 4.81. The number of piperidine rings is 1. The van der Waals surface area contributed by atoms with Crippen LogP contribution in [0.2, 0.25) is 0 Å². The number of aromatic amines is 1. The molecule has 0 radical (unpaired) electrons. The molecule has 0 bridgehead atoms. The zero-order valence-corrected chi connectivity index (χ0v) is 15.2. The Labute approximate surface area is 158 Å². The molecular weight excluding hydrogens is 367 g/mol. The summed E-state index contributed by atoms with van der Waals surface area (Å²) in [6.45, 7) is 0.978. The maximum absolute atomic E-state index is 13.9. The molecule has 0 saturated carbocycles. The number of amides is 1. The molecule has 3 heterocycles. The van der Waals surface area contributed by atoms with Crippen LogP contribution in [0.25, 0.3) is 10.7 Å². The highest BCUT2D eigenvalue weighted by Crippen LogP contribution is 2.28. The van der Waals surface area contributed by atoms with Gasteiger partial charge < -0.3 is 9.88 Å². The molecule has 1 fully saturated rings. The topological polar surface area (TPSA) is 79.0 Å². The van der Waals surface area contributed by atoms with E-state index in [4.69, 9.17) is 0 Å². The van der Waals surface area contributed by atoms with Crippen molar-refractivity contribution in [2.24, 2.45) is 0 Å². The number of benzene rings is 1. The standard InChI is InChI=1S/C19H17FN4O2S/c20-14-4-2-1-3-13(14)19(26)24-8-5-12(6-9-24)17-22-15(11-16(25)23-17)18-21-7-10-27-18/h1-4,7,10-12H,5-6,8-9H2,(H,22,23,25). The Morgan fingerprint density at radius 2 is 2.04 bits per heavy atom. The molecule has 1 aromatic carbocycles. The molecule has 2 aromatic heterocycles. The molecule has 0 unspecified atom stereocenters. The fourth-order valence-electron chi connectivity index (χ4n) is 3.29. The van der Waals surface area contributed by atoms with Gasteiger partial charge in [0.2, 0.25) is 0 Å². The van der Waals surface area contributed by atoms with Crippen LogP contribution < -0.4 is 5.56 Å². The molecule has 3 aromatic rings. The number of aromatic nitrogens is 3. The average molecular weight is 384 g/mol. The lowest BCUT2D eigenvalue weighted by atomic mass is 9.95. The molecule has 1 aliphatic heterocycles. The third-order valence-corrected chi connectivity index (χ3v) is 5.48. The van der Waals surface area contributed by atoms with Gasteiger partial charge in [0.15, 0.2) is 0 Å². The van der Waals surface area contributed by atoms with E-state index in [1.165, 1.54) is 29.5 Å². The van der Waals surface area contributed by atoms with Crippen LogP contribution in [-0.2, 0) is 0 Å². The normalized spacial score (nSPS) is 15.1. The van der Waals surface area contributed by atoms with Gasteiger partial charge in [-0.2, -0.15) is 0 Å². The number of nitrogens with one attached hydrogen (secondary N) is 1. The summed E-state index contributed by atoms with van der Waals surface area (Å²) in [7, 11) is 0. The minimum absolute atomic E-state index is 0.0438. The second kappa shape index (κ2) is 7.40. The molecule has 1 amide bonds. The molecule has 8 heteroatoms. The Bertz CT molecular complexity index is 1010. The molecule has 6 nitrogen and oxygen atoms in total. The van der Waals surface area contributed by atoms with Gasteiger partial charge in [-0.1, -0.05) is 12.1 Å². The summed E-state index contributed by atoms with van der Waals surface area (Å²) >= 11 is 1.43. The zero-order valence-electron chi connectivity index (χ0n) is 14.4. The lowest BCUT2D eigenvalue weighted by molar-refractivity contribution is 0.0706. The largest absolute Gasteiger partial charge is 0.339 e. The quantitative estimate of drug-likeness (QED) is 0.753. The lowest BCUT2D eigenvalue weighted by Crippen LogP contribution is -2.38. The lowest BCUT2D eigenvalue weighted by Gasteiger charge is -2.31. The van der Waals surface area contributed by atoms with Gasteiger partial charge in [-0.25, -0.2) is 14.4 Å². The van der Waals surface area contributed by atoms with Gasteiger partial charge >= 0.3 is 0 Å². The molecular formula is C19H17FN4O2S. The molecule has 27 heavy (non-hydrogen) atoms. The Morgan fingerprint density at radius 1 is 1.26 bits per heavy atom. The van der Waals surface area contributed by atoms with Crippen LogP contribution in [-0.4, -0.2) is 38.8 Å². The van der Waals surface area contributed by atoms with Crippen LogP contribution in [0.4, 0.5) is 4.39 Å². The SMILES string of the molecule is O=C(c1ccccc1F)N1CCC(c2nc(-c3nccs3)cc(=O)[nH]2)CC1. The van der Waals surface area contributed by atoms with E-state index in [-0.39, 0.29) is 22.9 Å². The van der Waals surface area contributed by atoms with Crippen molar-refractivity contribution in [3.05, 3.63) is 69.5 Å². The smallest absolute Gasteiger partial charge is 0.256 e. The first-order valence-corrected chi connectivity index (χ1v) is 9.54. The predicted molar refractivity (Wildman–Crippen MR) is 100 cm³/mol. The average Bonchev–Trinajstić information content (AvgIpc) is 3.22. The zero-order chi connectivity index (χ0) is 18.8. The van der Waals surface area contributed by atoms with Crippen LogP contribution in [0.3, 0.4) is 0 Å². The molecule has 0 spiro atoms. The molecule has 1 saturated heterocycles. The third-order valence-electron chi connectivity index (χ3n) is 4.68. The summed E-state index contributed by atoms with van der Waals surface area (Å²) in [4.78, 5) is 37.8. The highest BCUT2D eigenvalue weighted by atomic mass is 32.1. The minimum Gasteiger partial charge on any atom is -0.339 e. The first-order valence-electron chi connectivity index (χ1n) is 8.67. The van der Waals surface area contributed by atoms with Crippen molar-refractivity contribution >= 4 is 17.2 Å². The molecule has 1 N–H and O–H groups in total. The van der Waals surface area contributed by atoms with E-state index < -0.39 is 5.82 Å². The van der Waals surface area contributed by atoms with E-state index in [0.717, 1.165) is 0 Å². The van der Waals surface area contributed by atoms with Crippen molar-refractivity contribution in [3.8, 4) is 10.7 Å². The van der Waals surface area contributed by atoms with Gasteiger partial charge in [0.1, 0.15) is 22.3 Å². The Balaban J connectivity index is 1.49. The van der Waals surface area contributed by atoms with E-state index in [0.29, 0.717) is 42.5 Å². The van der Waals surface area contributed by atoms with Crippen LogP contribution in [0.1, 0.15) is 34.9 Å². The van der Waals surface area contributed by atoms with Crippen molar-refractivity contribution in [3.63, 3.8) is 0 Å². The first-order chi connectivity index (χ1) is 13.1. The summed E-state index contributed by atoms with van der Waals surface area (Å²) < 4.78 is 13.9. The first kappa shape index (κ1) is 17.5. The van der Waals surface area contributed by atoms with Crippen molar-refractivity contribution in [1.29, 1.82) is 0 Å². The summed E-state index contributed by atoms with van der Waals surface area (Å²) in [6, 6.07) is 7.45. The van der Waals surface area contributed by atoms with Crippen molar-refractivity contribution < 1.29 is 9.18 Å². The predicted octanol–water partition coefficient (Wildman–Crippen LogP) is 3.05.